The summed E-state index contributed by atoms with van der Waals surface area (Å²) in [7, 11) is -3.05. The lowest BCUT2D eigenvalue weighted by molar-refractivity contribution is -0.232. The summed E-state index contributed by atoms with van der Waals surface area (Å²) in [6.45, 7) is 0.250. The number of benzene rings is 1. The van der Waals surface area contributed by atoms with Gasteiger partial charge in [-0.3, -0.25) is 24.0 Å². The van der Waals surface area contributed by atoms with Gasteiger partial charge in [-0.25, -0.2) is 22.6 Å². The molecule has 4 heterocycles. The Balaban J connectivity index is 1.30. The van der Waals surface area contributed by atoms with Gasteiger partial charge in [0.15, 0.2) is 5.54 Å². The van der Waals surface area contributed by atoms with E-state index < -0.39 is 119 Å². The van der Waals surface area contributed by atoms with Gasteiger partial charge in [-0.2, -0.15) is 13.2 Å². The highest BCUT2D eigenvalue weighted by Crippen LogP contribution is 2.49. The zero-order valence-electron chi connectivity index (χ0n) is 33.4. The average Bonchev–Trinajstić information content (AvgIpc) is 4.02. The third kappa shape index (κ3) is 7.62. The van der Waals surface area contributed by atoms with Crippen LogP contribution in [0.2, 0.25) is 0 Å². The molecule has 1 aromatic carbocycles. The van der Waals surface area contributed by atoms with Gasteiger partial charge in [-0.1, -0.05) is 44.2 Å². The molecule has 2 aliphatic carbocycles. The molecule has 0 radical (unpaired) electrons. The van der Waals surface area contributed by atoms with E-state index in [1.165, 1.54) is 20.2 Å². The number of sulfonamides is 1. The van der Waals surface area contributed by atoms with E-state index in [-0.39, 0.29) is 48.8 Å². The minimum Gasteiger partial charge on any atom is -0.494 e. The smallest absolute Gasteiger partial charge is 0.414 e. The monoisotopic (exact) mass is 867 g/mol. The van der Waals surface area contributed by atoms with Crippen LogP contribution in [-0.4, -0.2) is 126 Å². The number of hydrogen-bond donors (Lipinski definition) is 3. The number of nitrogens with one attached hydrogen (secondary N) is 2. The number of halogens is 4. The second-order valence-corrected chi connectivity index (χ2v) is 19.0. The van der Waals surface area contributed by atoms with Crippen molar-refractivity contribution in [1.82, 2.24) is 24.8 Å². The number of ether oxygens (including phenoxy) is 3. The van der Waals surface area contributed by atoms with Gasteiger partial charge in [0.25, 0.3) is 5.91 Å². The molecule has 1 aromatic heterocycles. The predicted molar refractivity (Wildman–Crippen MR) is 206 cm³/mol. The van der Waals surface area contributed by atoms with Crippen LogP contribution < -0.4 is 19.5 Å². The van der Waals surface area contributed by atoms with Gasteiger partial charge < -0.3 is 29.5 Å². The number of carbonyl (C=O) groups is 4. The van der Waals surface area contributed by atoms with Crippen LogP contribution in [-0.2, 0) is 29.1 Å². The van der Waals surface area contributed by atoms with E-state index in [1.54, 1.807) is 36.4 Å². The molecular weight excluding hydrogens is 819 g/mol. The Kier molecular flexibility index (Phi) is 11.5. The highest BCUT2D eigenvalue weighted by Gasteiger charge is 2.67. The van der Waals surface area contributed by atoms with Gasteiger partial charge in [-0.05, 0) is 56.4 Å². The number of carboxylic acid groups (broad SMARTS) is 1. The molecule has 3 aliphatic heterocycles. The lowest BCUT2D eigenvalue weighted by Gasteiger charge is -2.46. The fourth-order valence-electron chi connectivity index (χ4n) is 9.12. The van der Waals surface area contributed by atoms with E-state index in [0.717, 1.165) is 4.90 Å². The minimum absolute atomic E-state index is 0.000556. The van der Waals surface area contributed by atoms with Gasteiger partial charge in [-0.15, -0.1) is 0 Å². The van der Waals surface area contributed by atoms with Crippen LogP contribution in [0.4, 0.5) is 22.4 Å². The Morgan fingerprint density at radius 2 is 1.85 bits per heavy atom. The molecule has 8 atom stereocenters. The fourth-order valence-corrected chi connectivity index (χ4v) is 10.5. The number of alkyl halides is 4. The molecule has 4 fully saturated rings. The fraction of sp³-hybridized carbons (Fsp3) is 0.625. The number of rotatable bonds is 9. The first kappa shape index (κ1) is 43.4. The first-order valence-electron chi connectivity index (χ1n) is 20.0. The van der Waals surface area contributed by atoms with Crippen LogP contribution in [0.25, 0.3) is 10.8 Å². The molecule has 2 aromatic rings. The van der Waals surface area contributed by atoms with Crippen LogP contribution in [0.15, 0.2) is 42.6 Å². The summed E-state index contributed by atoms with van der Waals surface area (Å²) in [5, 5.41) is 14.5. The first-order valence-corrected chi connectivity index (χ1v) is 21.5. The lowest BCUT2D eigenvalue weighted by Crippen LogP contribution is -2.69. The number of pyridine rings is 1. The number of fused-ring (bicyclic) bond motifs is 3. The van der Waals surface area contributed by atoms with Gasteiger partial charge in [0.2, 0.25) is 27.7 Å². The Hall–Kier alpha value is -4.72. The van der Waals surface area contributed by atoms with Gasteiger partial charge in [0.1, 0.15) is 40.9 Å². The zero-order valence-corrected chi connectivity index (χ0v) is 34.2. The number of nitrogens with zero attached hydrogens (tertiary/aromatic N) is 3. The van der Waals surface area contributed by atoms with Crippen molar-refractivity contribution in [3.8, 4) is 11.6 Å². The molecule has 20 heteroatoms. The van der Waals surface area contributed by atoms with Crippen molar-refractivity contribution in [2.75, 3.05) is 33.5 Å². The van der Waals surface area contributed by atoms with Crippen LogP contribution in [0.3, 0.4) is 0 Å². The molecule has 3 N–H and O–H groups in total. The Morgan fingerprint density at radius 3 is 2.47 bits per heavy atom. The molecule has 2 saturated heterocycles. The number of aromatic nitrogens is 1. The van der Waals surface area contributed by atoms with E-state index >= 15 is 18.0 Å². The number of carbonyl (C=O) groups excluding carboxylic acids is 3. The van der Waals surface area contributed by atoms with Crippen LogP contribution in [0.5, 0.6) is 11.6 Å². The summed E-state index contributed by atoms with van der Waals surface area (Å²) in [5.74, 6) is -4.57. The summed E-state index contributed by atoms with van der Waals surface area (Å²) in [4.78, 5) is 62.5. The molecule has 2 saturated carbocycles. The number of hydrogen-bond acceptors (Lipinski definition) is 10. The number of methoxy groups -OCH3 is 1. The molecule has 7 rings (SSSR count). The molecule has 0 spiro atoms. The molecule has 15 nitrogen and oxygen atoms in total. The third-order valence-corrected chi connectivity index (χ3v) is 15.0. The van der Waals surface area contributed by atoms with Crippen LogP contribution in [0.1, 0.15) is 65.2 Å². The number of amides is 4. The lowest BCUT2D eigenvalue weighted by atomic mass is 9.84. The summed E-state index contributed by atoms with van der Waals surface area (Å²) in [6.07, 6.45) is -3.45. The zero-order chi connectivity index (χ0) is 43.4. The van der Waals surface area contributed by atoms with E-state index in [4.69, 9.17) is 14.2 Å². The molecule has 5 aliphatic rings. The van der Waals surface area contributed by atoms with Crippen LogP contribution >= 0.6 is 0 Å². The van der Waals surface area contributed by atoms with Crippen molar-refractivity contribution in [2.45, 2.75) is 105 Å². The van der Waals surface area contributed by atoms with E-state index in [2.05, 4.69) is 10.3 Å². The van der Waals surface area contributed by atoms with Crippen molar-refractivity contribution in [2.24, 2.45) is 17.8 Å². The third-order valence-electron chi connectivity index (χ3n) is 12.9. The summed E-state index contributed by atoms with van der Waals surface area (Å²) < 4.78 is 103. The quantitative estimate of drug-likeness (QED) is 0.238. The molecule has 4 amide bonds. The molecular formula is C40H49F4N5O10S. The summed E-state index contributed by atoms with van der Waals surface area (Å²) >= 11 is 0. The average molecular weight is 868 g/mol. The van der Waals surface area contributed by atoms with Crippen molar-refractivity contribution < 1.29 is 64.5 Å². The summed E-state index contributed by atoms with van der Waals surface area (Å²) in [5.41, 5.74) is -4.93. The Labute approximate surface area is 344 Å². The van der Waals surface area contributed by atoms with E-state index in [1.807, 2.05) is 11.6 Å². The van der Waals surface area contributed by atoms with Crippen molar-refractivity contribution in [3.05, 3.63) is 42.6 Å². The molecule has 60 heavy (non-hydrogen) atoms. The van der Waals surface area contributed by atoms with E-state index in [9.17, 15) is 32.3 Å². The summed E-state index contributed by atoms with van der Waals surface area (Å²) in [6, 6.07) is 3.46. The largest absolute Gasteiger partial charge is 0.494 e. The predicted octanol–water partition coefficient (Wildman–Crippen LogP) is 4.50. The Morgan fingerprint density at radius 1 is 1.13 bits per heavy atom. The maximum atomic E-state index is 15.2. The second kappa shape index (κ2) is 16.0. The van der Waals surface area contributed by atoms with Crippen molar-refractivity contribution in [1.29, 1.82) is 0 Å². The van der Waals surface area contributed by atoms with Crippen LogP contribution in [0, 0.1) is 17.8 Å². The highest BCUT2D eigenvalue weighted by molar-refractivity contribution is 7.91. The molecule has 328 valence electrons. The standard InChI is InChI=1S/C40H49F4N5O10S/c1-23-8-4-5-9-25-18-39(25,35(52)47-60(55,56)37(21-41)12-13-37)46-32(50)29-17-26(59-33-28-11-7-6-10-27(28)30(57-3)19-45-33)20-48(29)34(51)31(24(2)16-23)49(36(53)54)38(40(42,43)44)14-15-58-22-38/h5-7,9-11,19,23-26,29,31H,4,8,12-18,20-22H2,1-3H3,(H,46,50)(H,47,52)(H,53,54)/t23-,24+,25+,26+,29-,31-,38?,39+/m0/s1. The maximum Gasteiger partial charge on any atom is 0.414 e. The Bertz CT molecular complexity index is 2160. The van der Waals surface area contributed by atoms with Gasteiger partial charge in [0.05, 0.1) is 26.5 Å². The maximum absolute atomic E-state index is 15.2. The first-order chi connectivity index (χ1) is 28.3. The molecule has 1 unspecified atom stereocenters. The van der Waals surface area contributed by atoms with Crippen molar-refractivity contribution >= 4 is 44.6 Å². The van der Waals surface area contributed by atoms with E-state index in [0.29, 0.717) is 29.4 Å². The molecule has 0 bridgehead atoms. The van der Waals surface area contributed by atoms with Crippen molar-refractivity contribution in [3.63, 3.8) is 0 Å². The SMILES string of the molecule is COc1cnc(O[C@@H]2C[C@H]3C(=O)N[C@]4(C(=O)NS(=O)(=O)C5(CF)CC5)C[C@H]4C=CCC[C@H](C)C[C@@H](C)[C@H](N(C(=O)O)C4(C(F)(F)F)CCOC4)C(=O)N3C2)c2ccccc12. The van der Waals surface area contributed by atoms with Gasteiger partial charge in [0, 0.05) is 36.1 Å². The number of allylic oxidation sites excluding steroid dienone is 1. The topological polar surface area (TPSA) is 194 Å². The second-order valence-electron chi connectivity index (χ2n) is 16.9. The minimum atomic E-state index is -5.16. The highest BCUT2D eigenvalue weighted by atomic mass is 32.2. The normalized spacial score (nSPS) is 31.9. The van der Waals surface area contributed by atoms with Gasteiger partial charge >= 0.3 is 12.3 Å².